The van der Waals surface area contributed by atoms with Crippen LogP contribution in [0.15, 0.2) is 67.1 Å². The van der Waals surface area contributed by atoms with Gasteiger partial charge in [0, 0.05) is 31.0 Å². The molecule has 1 aromatic carbocycles. The van der Waals surface area contributed by atoms with E-state index in [-0.39, 0.29) is 19.7 Å². The Balaban J connectivity index is 1.54. The summed E-state index contributed by atoms with van der Waals surface area (Å²) >= 11 is 0. The predicted molar refractivity (Wildman–Crippen MR) is 114 cm³/mol. The first-order valence-corrected chi connectivity index (χ1v) is 10.6. The Kier molecular flexibility index (Phi) is 6.85. The van der Waals surface area contributed by atoms with Crippen LogP contribution in [0, 0.1) is 0 Å². The van der Waals surface area contributed by atoms with E-state index in [1.807, 2.05) is 0 Å². The van der Waals surface area contributed by atoms with Crippen molar-refractivity contribution >= 4 is 5.91 Å². The standard InChI is InChI=1S/C23H19F6N5O2/c1-14(22(24,25)26)21(35)33-11-19(34-10-18(31-32-34)16-3-2-8-30-9-16)20(12-33)36-13-15-4-6-17(7-5-15)23(27,28)29/h2-10,19-20H,1,11-13H2/t19-,20-/m1/s1. The average Bonchev–Trinajstić information content (AvgIpc) is 3.49. The topological polar surface area (TPSA) is 73.1 Å². The summed E-state index contributed by atoms with van der Waals surface area (Å²) in [6, 6.07) is 7.05. The molecule has 7 nitrogen and oxygen atoms in total. The van der Waals surface area contributed by atoms with Gasteiger partial charge in [-0.3, -0.25) is 9.78 Å². The van der Waals surface area contributed by atoms with Crippen LogP contribution in [0.3, 0.4) is 0 Å². The minimum absolute atomic E-state index is 0.133. The number of likely N-dealkylation sites (tertiary alicyclic amines) is 1. The summed E-state index contributed by atoms with van der Waals surface area (Å²) in [7, 11) is 0. The first-order valence-electron chi connectivity index (χ1n) is 10.6. The fourth-order valence-electron chi connectivity index (χ4n) is 3.73. The zero-order valence-corrected chi connectivity index (χ0v) is 18.5. The molecule has 0 spiro atoms. The molecule has 3 heterocycles. The minimum atomic E-state index is -4.90. The summed E-state index contributed by atoms with van der Waals surface area (Å²) in [4.78, 5) is 17.4. The summed E-state index contributed by atoms with van der Waals surface area (Å²) in [6.07, 6.45) is -5.51. The van der Waals surface area contributed by atoms with Gasteiger partial charge in [0.25, 0.3) is 5.91 Å². The van der Waals surface area contributed by atoms with E-state index in [0.717, 1.165) is 17.0 Å². The van der Waals surface area contributed by atoms with E-state index in [1.165, 1.54) is 16.8 Å². The van der Waals surface area contributed by atoms with Gasteiger partial charge >= 0.3 is 12.4 Å². The normalized spacial score (nSPS) is 18.4. The van der Waals surface area contributed by atoms with Crippen molar-refractivity contribution in [2.75, 3.05) is 13.1 Å². The van der Waals surface area contributed by atoms with Gasteiger partial charge in [0.1, 0.15) is 11.3 Å². The van der Waals surface area contributed by atoms with Crippen LogP contribution in [0.1, 0.15) is 17.2 Å². The zero-order valence-electron chi connectivity index (χ0n) is 18.5. The lowest BCUT2D eigenvalue weighted by Gasteiger charge is -2.19. The van der Waals surface area contributed by atoms with Crippen molar-refractivity contribution in [1.29, 1.82) is 0 Å². The van der Waals surface area contributed by atoms with E-state index in [2.05, 4.69) is 21.9 Å². The number of carbonyl (C=O) groups is 1. The number of hydrogen-bond donors (Lipinski definition) is 0. The van der Waals surface area contributed by atoms with Crippen molar-refractivity contribution in [2.24, 2.45) is 0 Å². The lowest BCUT2D eigenvalue weighted by atomic mass is 10.1. The van der Waals surface area contributed by atoms with E-state index in [0.29, 0.717) is 16.8 Å². The summed E-state index contributed by atoms with van der Waals surface area (Å²) in [5.74, 6) is -1.29. The lowest BCUT2D eigenvalue weighted by Crippen LogP contribution is -2.35. The number of hydrogen-bond acceptors (Lipinski definition) is 5. The molecule has 0 N–H and O–H groups in total. The number of amides is 1. The second kappa shape index (κ2) is 9.72. The van der Waals surface area contributed by atoms with E-state index in [1.54, 1.807) is 30.7 Å². The maximum absolute atomic E-state index is 13.1. The second-order valence-electron chi connectivity index (χ2n) is 8.12. The van der Waals surface area contributed by atoms with Crippen LogP contribution in [0.4, 0.5) is 26.3 Å². The number of aromatic nitrogens is 4. The van der Waals surface area contributed by atoms with E-state index >= 15 is 0 Å². The summed E-state index contributed by atoms with van der Waals surface area (Å²) in [5.41, 5.74) is -0.811. The van der Waals surface area contributed by atoms with Crippen LogP contribution >= 0.6 is 0 Å². The van der Waals surface area contributed by atoms with Crippen LogP contribution in [0.2, 0.25) is 0 Å². The molecule has 2 atom stereocenters. The molecule has 1 fully saturated rings. The number of carbonyl (C=O) groups excluding carboxylic acids is 1. The zero-order chi connectivity index (χ0) is 26.1. The quantitative estimate of drug-likeness (QED) is 0.361. The summed E-state index contributed by atoms with van der Waals surface area (Å²) in [6.45, 7) is 2.36. The SMILES string of the molecule is C=C(C(=O)N1C[C@@H](n2cc(-c3cccnc3)nn2)[C@H](OCc2ccc(C(F)(F)F)cc2)C1)C(F)(F)F. The van der Waals surface area contributed by atoms with Gasteiger partial charge in [-0.25, -0.2) is 4.68 Å². The first-order chi connectivity index (χ1) is 16.9. The third-order valence-electron chi connectivity index (χ3n) is 5.68. The van der Waals surface area contributed by atoms with Gasteiger partial charge in [-0.15, -0.1) is 5.10 Å². The van der Waals surface area contributed by atoms with Gasteiger partial charge < -0.3 is 9.64 Å². The van der Waals surface area contributed by atoms with E-state index in [4.69, 9.17) is 4.74 Å². The number of halogens is 6. The highest BCUT2D eigenvalue weighted by Gasteiger charge is 2.44. The Morgan fingerprint density at radius 3 is 2.42 bits per heavy atom. The fraction of sp³-hybridized carbons (Fsp3) is 0.304. The molecule has 13 heteroatoms. The minimum Gasteiger partial charge on any atom is -0.369 e. The Bertz CT molecular complexity index is 1220. The van der Waals surface area contributed by atoms with Gasteiger partial charge in [0.15, 0.2) is 0 Å². The summed E-state index contributed by atoms with van der Waals surface area (Å²) < 4.78 is 84.8. The lowest BCUT2D eigenvalue weighted by molar-refractivity contribution is -0.139. The van der Waals surface area contributed by atoms with Gasteiger partial charge in [-0.2, -0.15) is 26.3 Å². The maximum Gasteiger partial charge on any atom is 0.421 e. The Hall–Kier alpha value is -3.74. The van der Waals surface area contributed by atoms with Crippen molar-refractivity contribution in [3.05, 3.63) is 78.3 Å². The van der Waals surface area contributed by atoms with Gasteiger partial charge in [-0.1, -0.05) is 23.9 Å². The molecule has 0 radical (unpaired) electrons. The molecule has 0 unspecified atom stereocenters. The molecule has 2 aromatic heterocycles. The molecule has 4 rings (SSSR count). The van der Waals surface area contributed by atoms with Crippen molar-refractivity contribution in [2.45, 2.75) is 31.1 Å². The summed E-state index contributed by atoms with van der Waals surface area (Å²) in [5, 5.41) is 8.13. The molecule has 0 aliphatic carbocycles. The largest absolute Gasteiger partial charge is 0.421 e. The van der Waals surface area contributed by atoms with Crippen molar-refractivity contribution in [3.8, 4) is 11.3 Å². The van der Waals surface area contributed by atoms with Crippen LogP contribution in [0.25, 0.3) is 11.3 Å². The van der Waals surface area contributed by atoms with Crippen molar-refractivity contribution < 1.29 is 35.9 Å². The Morgan fingerprint density at radius 2 is 1.81 bits per heavy atom. The number of alkyl halides is 6. The van der Waals surface area contributed by atoms with Crippen LogP contribution in [-0.4, -0.2) is 56.2 Å². The third kappa shape index (κ3) is 5.56. The molecule has 36 heavy (non-hydrogen) atoms. The molecule has 1 aliphatic rings. The molecule has 1 aliphatic heterocycles. The monoisotopic (exact) mass is 511 g/mol. The van der Waals surface area contributed by atoms with Crippen LogP contribution in [0.5, 0.6) is 0 Å². The molecule has 0 bridgehead atoms. The second-order valence-corrected chi connectivity index (χ2v) is 8.12. The number of nitrogens with zero attached hydrogens (tertiary/aromatic N) is 5. The highest BCUT2D eigenvalue weighted by molar-refractivity contribution is 5.94. The predicted octanol–water partition coefficient (Wildman–Crippen LogP) is 4.45. The van der Waals surface area contributed by atoms with Gasteiger partial charge in [0.05, 0.1) is 30.5 Å². The molecular weight excluding hydrogens is 492 g/mol. The average molecular weight is 511 g/mol. The smallest absolute Gasteiger partial charge is 0.369 e. The first kappa shape index (κ1) is 25.4. The number of benzene rings is 1. The maximum atomic E-state index is 13.1. The fourth-order valence-corrected chi connectivity index (χ4v) is 3.73. The van der Waals surface area contributed by atoms with Crippen molar-refractivity contribution in [1.82, 2.24) is 24.9 Å². The molecule has 1 saturated heterocycles. The van der Waals surface area contributed by atoms with Crippen LogP contribution in [-0.2, 0) is 22.3 Å². The number of rotatable bonds is 6. The number of ether oxygens (including phenoxy) is 1. The highest BCUT2D eigenvalue weighted by atomic mass is 19.4. The highest BCUT2D eigenvalue weighted by Crippen LogP contribution is 2.32. The van der Waals surface area contributed by atoms with E-state index in [9.17, 15) is 31.1 Å². The van der Waals surface area contributed by atoms with Gasteiger partial charge in [0.2, 0.25) is 0 Å². The molecule has 190 valence electrons. The third-order valence-corrected chi connectivity index (χ3v) is 5.68. The molecule has 3 aromatic rings. The molecule has 1 amide bonds. The van der Waals surface area contributed by atoms with Gasteiger partial charge in [-0.05, 0) is 29.8 Å². The Labute approximate surface area is 201 Å². The van der Waals surface area contributed by atoms with E-state index < -0.39 is 41.5 Å². The Morgan fingerprint density at radius 1 is 1.08 bits per heavy atom. The van der Waals surface area contributed by atoms with Crippen molar-refractivity contribution in [3.63, 3.8) is 0 Å². The molecular formula is C23H19F6N5O2. The number of pyridine rings is 1. The van der Waals surface area contributed by atoms with Crippen LogP contribution < -0.4 is 0 Å². The molecule has 0 saturated carbocycles.